The van der Waals surface area contributed by atoms with Gasteiger partial charge >= 0.3 is 6.18 Å². The van der Waals surface area contributed by atoms with Gasteiger partial charge in [-0.2, -0.15) is 18.3 Å². The van der Waals surface area contributed by atoms with Crippen LogP contribution in [0.1, 0.15) is 29.4 Å². The van der Waals surface area contributed by atoms with Crippen LogP contribution < -0.4 is 5.32 Å². The SMILES string of the molecule is Cn1nc(C(F)(F)F)c(Br)c1CNC(=O)[C@@H]1C[C@H]1c1cnc[nH]1. The summed E-state index contributed by atoms with van der Waals surface area (Å²) in [4.78, 5) is 19.0. The second-order valence-electron chi connectivity index (χ2n) is 5.40. The van der Waals surface area contributed by atoms with Gasteiger partial charge in [0.2, 0.25) is 5.91 Å². The molecule has 124 valence electrons. The van der Waals surface area contributed by atoms with Crippen molar-refractivity contribution in [1.82, 2.24) is 25.1 Å². The smallest absolute Gasteiger partial charge is 0.350 e. The van der Waals surface area contributed by atoms with Crippen LogP contribution in [0.5, 0.6) is 0 Å². The van der Waals surface area contributed by atoms with Gasteiger partial charge in [-0.1, -0.05) is 0 Å². The Morgan fingerprint density at radius 1 is 1.57 bits per heavy atom. The lowest BCUT2D eigenvalue weighted by molar-refractivity contribution is -0.142. The summed E-state index contributed by atoms with van der Waals surface area (Å²) in [6.45, 7) is -0.0226. The summed E-state index contributed by atoms with van der Waals surface area (Å²) in [5, 5.41) is 6.12. The Bertz CT molecular complexity index is 725. The van der Waals surface area contributed by atoms with E-state index in [9.17, 15) is 18.0 Å². The summed E-state index contributed by atoms with van der Waals surface area (Å²) >= 11 is 2.92. The molecule has 1 aliphatic rings. The average molecular weight is 392 g/mol. The maximum atomic E-state index is 12.8. The molecule has 0 unspecified atom stereocenters. The Kier molecular flexibility index (Phi) is 3.95. The number of carbonyl (C=O) groups excluding carboxylic acids is 1. The number of nitrogens with zero attached hydrogens (tertiary/aromatic N) is 3. The second-order valence-corrected chi connectivity index (χ2v) is 6.20. The summed E-state index contributed by atoms with van der Waals surface area (Å²) in [5.74, 6) is -0.269. The van der Waals surface area contributed by atoms with E-state index in [-0.39, 0.29) is 34.5 Å². The zero-order chi connectivity index (χ0) is 16.8. The Labute approximate surface area is 137 Å². The van der Waals surface area contributed by atoms with Crippen molar-refractivity contribution in [3.63, 3.8) is 0 Å². The van der Waals surface area contributed by atoms with E-state index in [4.69, 9.17) is 0 Å². The van der Waals surface area contributed by atoms with Crippen LogP contribution in [0, 0.1) is 5.92 Å². The number of nitrogens with one attached hydrogen (secondary N) is 2. The fourth-order valence-corrected chi connectivity index (χ4v) is 3.21. The average Bonchev–Trinajstić information content (AvgIpc) is 2.96. The Morgan fingerprint density at radius 3 is 2.87 bits per heavy atom. The summed E-state index contributed by atoms with van der Waals surface area (Å²) in [5.41, 5.74) is 0.168. The first-order valence-corrected chi connectivity index (χ1v) is 7.63. The normalized spacial score (nSPS) is 20.6. The molecule has 0 aliphatic heterocycles. The van der Waals surface area contributed by atoms with Crippen molar-refractivity contribution in [2.75, 3.05) is 0 Å². The topological polar surface area (TPSA) is 75.6 Å². The van der Waals surface area contributed by atoms with Crippen molar-refractivity contribution >= 4 is 21.8 Å². The standard InChI is InChI=1S/C13H13BrF3N5O/c1-22-9(10(14)11(21-22)13(15,16)17)4-19-12(23)7-2-6(7)8-3-18-5-20-8/h3,5-7H,2,4H2,1H3,(H,18,20)(H,19,23)/t6-,7-/m1/s1. The first-order valence-electron chi connectivity index (χ1n) is 6.83. The third kappa shape index (κ3) is 3.12. The Balaban J connectivity index is 1.63. The molecule has 2 N–H and O–H groups in total. The van der Waals surface area contributed by atoms with Gasteiger partial charge in [-0.15, -0.1) is 0 Å². The molecule has 0 bridgehead atoms. The first kappa shape index (κ1) is 16.0. The highest BCUT2D eigenvalue weighted by molar-refractivity contribution is 9.10. The van der Waals surface area contributed by atoms with Gasteiger partial charge in [0.1, 0.15) is 0 Å². The predicted octanol–water partition coefficient (Wildman–Crippen LogP) is 2.34. The summed E-state index contributed by atoms with van der Waals surface area (Å²) in [6.07, 6.45) is -0.616. The molecule has 0 aromatic carbocycles. The van der Waals surface area contributed by atoms with E-state index >= 15 is 0 Å². The van der Waals surface area contributed by atoms with Crippen molar-refractivity contribution in [2.45, 2.75) is 25.1 Å². The molecule has 2 heterocycles. The number of aromatic amines is 1. The Hall–Kier alpha value is -1.84. The fourth-order valence-electron chi connectivity index (χ4n) is 2.51. The van der Waals surface area contributed by atoms with E-state index in [1.807, 2.05) is 0 Å². The van der Waals surface area contributed by atoms with Crippen LogP contribution in [0.3, 0.4) is 0 Å². The molecule has 10 heteroatoms. The molecule has 2 aromatic rings. The van der Waals surface area contributed by atoms with Gasteiger partial charge < -0.3 is 10.3 Å². The molecule has 1 fully saturated rings. The summed E-state index contributed by atoms with van der Waals surface area (Å²) in [6, 6.07) is 0. The maximum Gasteiger partial charge on any atom is 0.436 e. The monoisotopic (exact) mass is 391 g/mol. The third-order valence-corrected chi connectivity index (χ3v) is 4.68. The number of hydrogen-bond acceptors (Lipinski definition) is 3. The third-order valence-electron chi connectivity index (χ3n) is 3.85. The van der Waals surface area contributed by atoms with E-state index in [2.05, 4.69) is 36.3 Å². The highest BCUT2D eigenvalue weighted by atomic mass is 79.9. The highest BCUT2D eigenvalue weighted by Gasteiger charge is 2.45. The molecule has 2 atom stereocenters. The van der Waals surface area contributed by atoms with Crippen molar-refractivity contribution in [2.24, 2.45) is 13.0 Å². The number of amides is 1. The molecule has 3 rings (SSSR count). The van der Waals surface area contributed by atoms with Gasteiger partial charge in [-0.3, -0.25) is 9.48 Å². The minimum atomic E-state index is -4.54. The number of halogens is 4. The molecule has 1 aliphatic carbocycles. The van der Waals surface area contributed by atoms with Crippen molar-refractivity contribution in [3.05, 3.63) is 34.1 Å². The molecule has 6 nitrogen and oxygen atoms in total. The van der Waals surface area contributed by atoms with Crippen LogP contribution in [0.15, 0.2) is 17.0 Å². The van der Waals surface area contributed by atoms with Crippen molar-refractivity contribution in [1.29, 1.82) is 0 Å². The molecule has 0 saturated heterocycles. The molecule has 1 amide bonds. The van der Waals surface area contributed by atoms with E-state index in [0.717, 1.165) is 10.4 Å². The van der Waals surface area contributed by atoms with Crippen LogP contribution in [-0.2, 0) is 24.6 Å². The number of imidazole rings is 1. The lowest BCUT2D eigenvalue weighted by atomic mass is 10.2. The number of hydrogen-bond donors (Lipinski definition) is 2. The number of alkyl halides is 3. The number of carbonyl (C=O) groups is 1. The molecule has 0 spiro atoms. The van der Waals surface area contributed by atoms with E-state index < -0.39 is 11.9 Å². The van der Waals surface area contributed by atoms with Crippen LogP contribution >= 0.6 is 15.9 Å². The van der Waals surface area contributed by atoms with Gasteiger partial charge in [-0.25, -0.2) is 4.98 Å². The van der Waals surface area contributed by atoms with Crippen LogP contribution in [0.4, 0.5) is 13.2 Å². The van der Waals surface area contributed by atoms with Crippen molar-refractivity contribution in [3.8, 4) is 0 Å². The Morgan fingerprint density at radius 2 is 2.30 bits per heavy atom. The molecule has 1 saturated carbocycles. The highest BCUT2D eigenvalue weighted by Crippen LogP contribution is 2.46. The van der Waals surface area contributed by atoms with Crippen LogP contribution in [0.25, 0.3) is 0 Å². The predicted molar refractivity (Wildman–Crippen MR) is 77.2 cm³/mol. The minimum absolute atomic E-state index is 0.0226. The fraction of sp³-hybridized carbons (Fsp3) is 0.462. The van der Waals surface area contributed by atoms with E-state index in [1.165, 1.54) is 7.05 Å². The zero-order valence-electron chi connectivity index (χ0n) is 12.0. The first-order chi connectivity index (χ1) is 10.8. The lowest BCUT2D eigenvalue weighted by Gasteiger charge is -2.06. The molecular formula is C13H13BrF3N5O. The van der Waals surface area contributed by atoms with Gasteiger partial charge in [-0.05, 0) is 22.4 Å². The van der Waals surface area contributed by atoms with E-state index in [1.54, 1.807) is 12.5 Å². The molecular weight excluding hydrogens is 379 g/mol. The number of aryl methyl sites for hydroxylation is 1. The zero-order valence-corrected chi connectivity index (χ0v) is 13.6. The van der Waals surface area contributed by atoms with Crippen molar-refractivity contribution < 1.29 is 18.0 Å². The van der Waals surface area contributed by atoms with E-state index in [0.29, 0.717) is 6.42 Å². The molecule has 2 aromatic heterocycles. The van der Waals surface area contributed by atoms with Gasteiger partial charge in [0.15, 0.2) is 5.69 Å². The summed E-state index contributed by atoms with van der Waals surface area (Å²) < 4.78 is 39.3. The largest absolute Gasteiger partial charge is 0.436 e. The number of aromatic nitrogens is 4. The lowest BCUT2D eigenvalue weighted by Crippen LogP contribution is -2.26. The summed E-state index contributed by atoms with van der Waals surface area (Å²) in [7, 11) is 1.41. The minimum Gasteiger partial charge on any atom is -0.350 e. The van der Waals surface area contributed by atoms with Crippen LogP contribution in [0.2, 0.25) is 0 Å². The van der Waals surface area contributed by atoms with Gasteiger partial charge in [0.25, 0.3) is 0 Å². The van der Waals surface area contributed by atoms with Crippen LogP contribution in [-0.4, -0.2) is 25.7 Å². The van der Waals surface area contributed by atoms with Gasteiger partial charge in [0.05, 0.1) is 23.0 Å². The molecule has 0 radical (unpaired) electrons. The molecule has 23 heavy (non-hydrogen) atoms. The van der Waals surface area contributed by atoms with Gasteiger partial charge in [0, 0.05) is 30.8 Å². The number of H-pyrrole nitrogens is 1. The maximum absolute atomic E-state index is 12.8. The second kappa shape index (κ2) is 5.66. The number of rotatable bonds is 4. The quantitative estimate of drug-likeness (QED) is 0.839.